The maximum Gasteiger partial charge on any atom is 0.273 e. The monoisotopic (exact) mass is 225 g/mol. The molecule has 16 heavy (non-hydrogen) atoms. The van der Waals surface area contributed by atoms with Crippen molar-refractivity contribution in [1.82, 2.24) is 15.1 Å². The van der Waals surface area contributed by atoms with E-state index in [9.17, 15) is 9.59 Å². The fraction of sp³-hybridized carbons (Fsp3) is 0.600. The molecule has 88 valence electrons. The molecule has 0 unspecified atom stereocenters. The van der Waals surface area contributed by atoms with Crippen molar-refractivity contribution in [2.45, 2.75) is 32.9 Å². The smallest absolute Gasteiger partial charge is 0.273 e. The Bertz CT molecular complexity index is 447. The molecule has 2 heterocycles. The van der Waals surface area contributed by atoms with Crippen LogP contribution in [-0.4, -0.2) is 22.3 Å². The summed E-state index contributed by atoms with van der Waals surface area (Å²) in [6.45, 7) is 3.37. The Hall–Kier alpha value is -1.72. The Kier molecular flexibility index (Phi) is 2.98. The predicted molar refractivity (Wildman–Crippen MR) is 57.3 cm³/mol. The molecule has 1 amide bonds. The lowest BCUT2D eigenvalue weighted by molar-refractivity contribution is -0.120. The van der Waals surface area contributed by atoms with Gasteiger partial charge in [0, 0.05) is 19.4 Å². The van der Waals surface area contributed by atoms with Crippen LogP contribution in [0.25, 0.3) is 0 Å². The average Bonchev–Trinajstić information content (AvgIpc) is 2.62. The Balaban J connectivity index is 2.17. The molecule has 2 N–H and O–H groups in total. The van der Waals surface area contributed by atoms with Gasteiger partial charge in [-0.05, 0) is 0 Å². The van der Waals surface area contributed by atoms with Gasteiger partial charge in [-0.25, -0.2) is 0 Å². The molecule has 0 saturated heterocycles. The summed E-state index contributed by atoms with van der Waals surface area (Å²) in [4.78, 5) is 22.7. The highest BCUT2D eigenvalue weighted by Crippen LogP contribution is 2.18. The zero-order chi connectivity index (χ0) is 11.5. The highest BCUT2D eigenvalue weighted by atomic mass is 16.5. The molecule has 2 rings (SSSR count). The number of nitrogens with zero attached hydrogens (tertiary/aromatic N) is 1. The van der Waals surface area contributed by atoms with Crippen LogP contribution in [0.15, 0.2) is 4.79 Å². The summed E-state index contributed by atoms with van der Waals surface area (Å²) in [6, 6.07) is 0. The zero-order valence-electron chi connectivity index (χ0n) is 9.21. The summed E-state index contributed by atoms with van der Waals surface area (Å²) in [5, 5.41) is 5.37. The number of nitrogens with one attached hydrogen (secondary N) is 2. The van der Waals surface area contributed by atoms with Gasteiger partial charge in [-0.15, -0.1) is 0 Å². The summed E-state index contributed by atoms with van der Waals surface area (Å²) in [5.41, 5.74) is 0.315. The molecular weight excluding hydrogens is 210 g/mol. The number of H-pyrrole nitrogens is 1. The van der Waals surface area contributed by atoms with Crippen molar-refractivity contribution >= 4 is 5.91 Å². The van der Waals surface area contributed by atoms with Gasteiger partial charge in [0.15, 0.2) is 0 Å². The van der Waals surface area contributed by atoms with E-state index in [1.165, 1.54) is 0 Å². The Labute approximate surface area is 92.6 Å². The highest BCUT2D eigenvalue weighted by Gasteiger charge is 2.19. The number of aromatic amines is 1. The third-order valence-corrected chi connectivity index (χ3v) is 2.56. The Morgan fingerprint density at radius 1 is 1.62 bits per heavy atom. The first-order chi connectivity index (χ1) is 7.72. The molecule has 1 aromatic rings. The van der Waals surface area contributed by atoms with Gasteiger partial charge in [-0.3, -0.25) is 19.4 Å². The topological polar surface area (TPSA) is 76.1 Å². The number of carbonyl (C=O) groups excluding carboxylic acids is 1. The van der Waals surface area contributed by atoms with Crippen LogP contribution >= 0.6 is 0 Å². The summed E-state index contributed by atoms with van der Waals surface area (Å²) < 4.78 is 7.12. The minimum absolute atomic E-state index is 0.0739. The second-order valence-electron chi connectivity index (χ2n) is 3.71. The van der Waals surface area contributed by atoms with Gasteiger partial charge in [0.2, 0.25) is 11.8 Å². The molecule has 1 aromatic heterocycles. The van der Waals surface area contributed by atoms with Gasteiger partial charge in [-0.1, -0.05) is 6.92 Å². The molecule has 0 fully saturated rings. The van der Waals surface area contributed by atoms with E-state index in [2.05, 4.69) is 10.4 Å². The molecule has 0 aromatic carbocycles. The third kappa shape index (κ3) is 1.95. The number of aromatic nitrogens is 2. The summed E-state index contributed by atoms with van der Waals surface area (Å²) in [6.07, 6.45) is 1.30. The van der Waals surface area contributed by atoms with Crippen molar-refractivity contribution in [1.29, 1.82) is 0 Å². The van der Waals surface area contributed by atoms with Crippen LogP contribution in [0, 0.1) is 0 Å². The first-order valence-corrected chi connectivity index (χ1v) is 5.43. The van der Waals surface area contributed by atoms with E-state index in [0.717, 1.165) is 13.0 Å². The molecule has 0 aliphatic carbocycles. The fourth-order valence-corrected chi connectivity index (χ4v) is 1.68. The summed E-state index contributed by atoms with van der Waals surface area (Å²) >= 11 is 0. The van der Waals surface area contributed by atoms with Crippen LogP contribution in [0.2, 0.25) is 0 Å². The second kappa shape index (κ2) is 4.42. The van der Waals surface area contributed by atoms with Crippen molar-refractivity contribution in [3.8, 4) is 5.88 Å². The van der Waals surface area contributed by atoms with E-state index in [1.807, 2.05) is 0 Å². The molecule has 0 radical (unpaired) electrons. The minimum Gasteiger partial charge on any atom is -0.477 e. The lowest BCUT2D eigenvalue weighted by Crippen LogP contribution is -2.24. The molecule has 6 heteroatoms. The number of rotatable bonds is 3. The van der Waals surface area contributed by atoms with E-state index in [-0.39, 0.29) is 18.0 Å². The van der Waals surface area contributed by atoms with E-state index in [0.29, 0.717) is 24.5 Å². The van der Waals surface area contributed by atoms with Gasteiger partial charge in [0.25, 0.3) is 5.56 Å². The fourth-order valence-electron chi connectivity index (χ4n) is 1.68. The Morgan fingerprint density at radius 3 is 3.19 bits per heavy atom. The van der Waals surface area contributed by atoms with Crippen LogP contribution in [0.4, 0.5) is 0 Å². The van der Waals surface area contributed by atoms with Gasteiger partial charge < -0.3 is 10.1 Å². The summed E-state index contributed by atoms with van der Waals surface area (Å²) in [7, 11) is 0. The van der Waals surface area contributed by atoms with Gasteiger partial charge >= 0.3 is 0 Å². The highest BCUT2D eigenvalue weighted by molar-refractivity contribution is 5.75. The van der Waals surface area contributed by atoms with Crippen LogP contribution in [-0.2, 0) is 17.9 Å². The Morgan fingerprint density at radius 2 is 2.44 bits per heavy atom. The van der Waals surface area contributed by atoms with Crippen molar-refractivity contribution in [3.63, 3.8) is 0 Å². The third-order valence-electron chi connectivity index (χ3n) is 2.56. The number of hydrogen-bond donors (Lipinski definition) is 2. The van der Waals surface area contributed by atoms with Crippen molar-refractivity contribution in [2.24, 2.45) is 0 Å². The van der Waals surface area contributed by atoms with Crippen molar-refractivity contribution in [3.05, 3.63) is 15.9 Å². The van der Waals surface area contributed by atoms with E-state index in [1.54, 1.807) is 11.6 Å². The van der Waals surface area contributed by atoms with E-state index >= 15 is 0 Å². The number of fused-ring (bicyclic) bond motifs is 1. The number of hydrogen-bond acceptors (Lipinski definition) is 3. The zero-order valence-corrected chi connectivity index (χ0v) is 9.21. The second-order valence-corrected chi connectivity index (χ2v) is 3.71. The largest absolute Gasteiger partial charge is 0.477 e. The molecule has 0 bridgehead atoms. The molecule has 6 nitrogen and oxygen atoms in total. The first kappa shape index (κ1) is 10.8. The number of carbonyl (C=O) groups is 1. The quantitative estimate of drug-likeness (QED) is 0.759. The maximum absolute atomic E-state index is 11.6. The maximum atomic E-state index is 11.6. The van der Waals surface area contributed by atoms with E-state index < -0.39 is 0 Å². The average molecular weight is 225 g/mol. The lowest BCUT2D eigenvalue weighted by Gasteiger charge is -2.16. The van der Waals surface area contributed by atoms with Crippen LogP contribution in [0.1, 0.15) is 25.3 Å². The number of aryl methyl sites for hydroxylation is 1. The summed E-state index contributed by atoms with van der Waals surface area (Å²) in [5.74, 6) is 0.489. The normalized spacial score (nSPS) is 14.1. The van der Waals surface area contributed by atoms with Gasteiger partial charge in [0.1, 0.15) is 0 Å². The lowest BCUT2D eigenvalue weighted by atomic mass is 10.3. The minimum atomic E-state index is -0.187. The number of amides is 1. The molecule has 0 atom stereocenters. The van der Waals surface area contributed by atoms with Crippen LogP contribution in [0.3, 0.4) is 0 Å². The molecule has 0 spiro atoms. The van der Waals surface area contributed by atoms with Crippen LogP contribution < -0.4 is 15.6 Å². The van der Waals surface area contributed by atoms with Crippen molar-refractivity contribution in [2.75, 3.05) is 6.61 Å². The number of ether oxygens (including phenoxy) is 1. The van der Waals surface area contributed by atoms with Crippen molar-refractivity contribution < 1.29 is 9.53 Å². The molecule has 0 saturated carbocycles. The molecule has 1 aliphatic heterocycles. The standard InChI is InChI=1S/C10H15N3O3/c1-2-8(14)11-6-7-9(15)12-13-4-3-5-16-10(7)13/h2-6H2,1H3,(H,11,14)(H,12,15). The SMILES string of the molecule is CCC(=O)NCc1c2n([nH]c1=O)CCCO2. The van der Waals surface area contributed by atoms with Gasteiger partial charge in [-0.2, -0.15) is 0 Å². The predicted octanol–water partition coefficient (Wildman–Crippen LogP) is -0.0149. The van der Waals surface area contributed by atoms with E-state index in [4.69, 9.17) is 4.74 Å². The van der Waals surface area contributed by atoms with Crippen LogP contribution in [0.5, 0.6) is 5.88 Å². The first-order valence-electron chi connectivity index (χ1n) is 5.43. The molecule has 1 aliphatic rings. The van der Waals surface area contributed by atoms with Gasteiger partial charge in [0.05, 0.1) is 18.7 Å². The molecular formula is C10H15N3O3.